The van der Waals surface area contributed by atoms with Gasteiger partial charge in [0.2, 0.25) is 0 Å². The maximum atomic E-state index is 13.0. The fraction of sp³-hybridized carbons (Fsp3) is 0.333. The van der Waals surface area contributed by atoms with Gasteiger partial charge in [0.15, 0.2) is 16.6 Å². The van der Waals surface area contributed by atoms with Crippen LogP contribution in [-0.4, -0.2) is 38.5 Å². The van der Waals surface area contributed by atoms with Crippen LogP contribution in [0.4, 0.5) is 5.69 Å². The van der Waals surface area contributed by atoms with E-state index in [0.29, 0.717) is 27.9 Å². The average Bonchev–Trinajstić information content (AvgIpc) is 2.78. The molecule has 3 rings (SSSR count). The molecule has 1 aliphatic heterocycles. The molecule has 2 aromatic carbocycles. The van der Waals surface area contributed by atoms with Crippen LogP contribution in [0, 0.1) is 0 Å². The van der Waals surface area contributed by atoms with Gasteiger partial charge < -0.3 is 24.3 Å². The Hall–Kier alpha value is -3.26. The third-order valence-corrected chi connectivity index (χ3v) is 5.41. The van der Waals surface area contributed by atoms with Gasteiger partial charge in [-0.15, -0.1) is 0 Å². The summed E-state index contributed by atoms with van der Waals surface area (Å²) in [6, 6.07) is 12.4. The molecule has 0 spiro atoms. The van der Waals surface area contributed by atoms with Crippen molar-refractivity contribution in [3.8, 4) is 17.2 Å². The van der Waals surface area contributed by atoms with Crippen molar-refractivity contribution in [1.82, 2.24) is 5.32 Å². The molecule has 0 amide bonds. The number of nitrogens with zero attached hydrogens (tertiary/aromatic N) is 1. The number of rotatable bonds is 7. The SMILES string of the molecule is COC(=O)C1=C(C)N(c2ccc(OC)cc2)C(=S)NC1c1cccc(OC)c1OC(C)C. The third-order valence-electron chi connectivity index (χ3n) is 5.11. The largest absolute Gasteiger partial charge is 0.497 e. The van der Waals surface area contributed by atoms with E-state index in [1.165, 1.54) is 7.11 Å². The lowest BCUT2D eigenvalue weighted by Crippen LogP contribution is -2.48. The third kappa shape index (κ3) is 4.50. The van der Waals surface area contributed by atoms with Gasteiger partial charge in [-0.05, 0) is 63.3 Å². The number of hydrogen-bond acceptors (Lipinski definition) is 6. The lowest BCUT2D eigenvalue weighted by molar-refractivity contribution is -0.136. The van der Waals surface area contributed by atoms with Gasteiger partial charge in [-0.2, -0.15) is 0 Å². The van der Waals surface area contributed by atoms with Crippen molar-refractivity contribution in [2.45, 2.75) is 32.9 Å². The van der Waals surface area contributed by atoms with Gasteiger partial charge in [-0.1, -0.05) is 12.1 Å². The number of allylic oxidation sites excluding steroid dienone is 1. The molecule has 0 bridgehead atoms. The van der Waals surface area contributed by atoms with Gasteiger partial charge in [0.1, 0.15) is 5.75 Å². The second-order valence-electron chi connectivity index (χ2n) is 7.45. The molecule has 1 atom stereocenters. The molecule has 0 saturated carbocycles. The van der Waals surface area contributed by atoms with Gasteiger partial charge >= 0.3 is 5.97 Å². The van der Waals surface area contributed by atoms with E-state index in [-0.39, 0.29) is 6.10 Å². The predicted octanol–water partition coefficient (Wildman–Crippen LogP) is 4.37. The number of methoxy groups -OCH3 is 3. The minimum atomic E-state index is -0.576. The lowest BCUT2D eigenvalue weighted by Gasteiger charge is -2.38. The molecular formula is C24H28N2O5S. The zero-order valence-electron chi connectivity index (χ0n) is 19.1. The summed E-state index contributed by atoms with van der Waals surface area (Å²) in [5.74, 6) is 1.39. The molecule has 1 unspecified atom stereocenters. The smallest absolute Gasteiger partial charge is 0.337 e. The van der Waals surface area contributed by atoms with Gasteiger partial charge in [0.25, 0.3) is 0 Å². The Morgan fingerprint density at radius 2 is 1.75 bits per heavy atom. The van der Waals surface area contributed by atoms with E-state index in [2.05, 4.69) is 5.32 Å². The Balaban J connectivity index is 2.17. The first-order valence-corrected chi connectivity index (χ1v) is 10.6. The number of nitrogens with one attached hydrogen (secondary N) is 1. The summed E-state index contributed by atoms with van der Waals surface area (Å²) in [5, 5.41) is 3.75. The highest BCUT2D eigenvalue weighted by Crippen LogP contribution is 2.42. The summed E-state index contributed by atoms with van der Waals surface area (Å²) >= 11 is 5.72. The molecule has 0 aliphatic carbocycles. The van der Waals surface area contributed by atoms with Crippen molar-refractivity contribution < 1.29 is 23.7 Å². The van der Waals surface area contributed by atoms with E-state index in [1.807, 2.05) is 63.2 Å². The van der Waals surface area contributed by atoms with Gasteiger partial charge in [0, 0.05) is 16.9 Å². The van der Waals surface area contributed by atoms with Crippen LogP contribution < -0.4 is 24.4 Å². The summed E-state index contributed by atoms with van der Waals surface area (Å²) in [5.41, 5.74) is 2.62. The Labute approximate surface area is 193 Å². The number of para-hydroxylation sites is 1. The number of anilines is 1. The van der Waals surface area contributed by atoms with E-state index in [0.717, 1.165) is 17.0 Å². The molecule has 1 heterocycles. The molecule has 1 N–H and O–H groups in total. The van der Waals surface area contributed by atoms with Crippen molar-refractivity contribution >= 4 is 29.0 Å². The summed E-state index contributed by atoms with van der Waals surface area (Å²) in [6.07, 6.45) is -0.0944. The van der Waals surface area contributed by atoms with Gasteiger partial charge in [-0.25, -0.2) is 4.79 Å². The highest BCUT2D eigenvalue weighted by atomic mass is 32.1. The number of carbonyl (C=O) groups excluding carboxylic acids is 1. The number of carbonyl (C=O) groups is 1. The van der Waals surface area contributed by atoms with Crippen molar-refractivity contribution in [3.05, 3.63) is 59.3 Å². The summed E-state index contributed by atoms with van der Waals surface area (Å²) < 4.78 is 22.0. The standard InChI is InChI=1S/C24H28N2O5S/c1-14(2)31-22-18(8-7-9-19(22)29-5)21-20(23(27)30-6)15(3)26(24(32)25-21)16-10-12-17(28-4)13-11-16/h7-14,21H,1-6H3,(H,25,32). The molecule has 170 valence electrons. The average molecular weight is 457 g/mol. The van der Waals surface area contributed by atoms with Gasteiger partial charge in [0.05, 0.1) is 39.0 Å². The summed E-state index contributed by atoms with van der Waals surface area (Å²) in [6.45, 7) is 5.71. The van der Waals surface area contributed by atoms with Crippen LogP contribution in [-0.2, 0) is 9.53 Å². The van der Waals surface area contributed by atoms with E-state index < -0.39 is 12.0 Å². The molecule has 7 nitrogen and oxygen atoms in total. The van der Waals surface area contributed by atoms with Gasteiger partial charge in [-0.3, -0.25) is 4.90 Å². The second-order valence-corrected chi connectivity index (χ2v) is 7.84. The van der Waals surface area contributed by atoms with Crippen molar-refractivity contribution in [1.29, 1.82) is 0 Å². The Bertz CT molecular complexity index is 1030. The molecule has 1 aliphatic rings. The molecule has 0 fully saturated rings. The van der Waals surface area contributed by atoms with Crippen LogP contribution in [0.1, 0.15) is 32.4 Å². The molecular weight excluding hydrogens is 428 g/mol. The van der Waals surface area contributed by atoms with Crippen LogP contribution in [0.5, 0.6) is 17.2 Å². The number of esters is 1. The van der Waals surface area contributed by atoms with Crippen LogP contribution >= 0.6 is 12.2 Å². The van der Waals surface area contributed by atoms with Crippen molar-refractivity contribution in [2.24, 2.45) is 0 Å². The zero-order chi connectivity index (χ0) is 23.4. The first kappa shape index (κ1) is 23.4. The fourth-order valence-corrected chi connectivity index (χ4v) is 4.04. The molecule has 32 heavy (non-hydrogen) atoms. The normalized spacial score (nSPS) is 16.0. The molecule has 0 aromatic heterocycles. The Morgan fingerprint density at radius 1 is 1.06 bits per heavy atom. The minimum Gasteiger partial charge on any atom is -0.497 e. The topological polar surface area (TPSA) is 69.3 Å². The fourth-order valence-electron chi connectivity index (χ4n) is 3.68. The van der Waals surface area contributed by atoms with Crippen LogP contribution in [0.25, 0.3) is 0 Å². The predicted molar refractivity (Wildman–Crippen MR) is 127 cm³/mol. The van der Waals surface area contributed by atoms with E-state index in [1.54, 1.807) is 19.1 Å². The number of thiocarbonyl (C=S) groups is 1. The van der Waals surface area contributed by atoms with Crippen molar-refractivity contribution in [3.63, 3.8) is 0 Å². The van der Waals surface area contributed by atoms with Crippen LogP contribution in [0.2, 0.25) is 0 Å². The first-order valence-electron chi connectivity index (χ1n) is 10.2. The Kier molecular flexibility index (Phi) is 7.25. The maximum absolute atomic E-state index is 13.0. The number of benzene rings is 2. The maximum Gasteiger partial charge on any atom is 0.337 e. The van der Waals surface area contributed by atoms with E-state index >= 15 is 0 Å². The monoisotopic (exact) mass is 456 g/mol. The van der Waals surface area contributed by atoms with Crippen molar-refractivity contribution in [2.75, 3.05) is 26.2 Å². The quantitative estimate of drug-likeness (QED) is 0.487. The van der Waals surface area contributed by atoms with E-state index in [9.17, 15) is 4.79 Å². The van der Waals surface area contributed by atoms with E-state index in [4.69, 9.17) is 31.2 Å². The second kappa shape index (κ2) is 9.91. The number of ether oxygens (including phenoxy) is 4. The molecule has 8 heteroatoms. The molecule has 2 aromatic rings. The molecule has 0 radical (unpaired) electrons. The number of hydrogen-bond donors (Lipinski definition) is 1. The minimum absolute atomic E-state index is 0.0944. The Morgan fingerprint density at radius 3 is 2.31 bits per heavy atom. The zero-order valence-corrected chi connectivity index (χ0v) is 19.9. The highest BCUT2D eigenvalue weighted by molar-refractivity contribution is 7.80. The highest BCUT2D eigenvalue weighted by Gasteiger charge is 2.37. The summed E-state index contributed by atoms with van der Waals surface area (Å²) in [4.78, 5) is 14.8. The molecule has 0 saturated heterocycles. The lowest BCUT2D eigenvalue weighted by atomic mass is 9.93. The van der Waals surface area contributed by atoms with Crippen LogP contribution in [0.15, 0.2) is 53.7 Å². The first-order chi connectivity index (χ1) is 15.3. The van der Waals surface area contributed by atoms with Crippen LogP contribution in [0.3, 0.4) is 0 Å². The summed E-state index contributed by atoms with van der Waals surface area (Å²) in [7, 11) is 4.55.